The second kappa shape index (κ2) is 6.12. The molecule has 0 radical (unpaired) electrons. The normalized spacial score (nSPS) is 22.4. The van der Waals surface area contributed by atoms with Crippen LogP contribution in [0.4, 0.5) is 0 Å². The Balaban J connectivity index is 1.78. The molecule has 23 heavy (non-hydrogen) atoms. The van der Waals surface area contributed by atoms with Crippen LogP contribution in [0.15, 0.2) is 18.2 Å². The summed E-state index contributed by atoms with van der Waals surface area (Å²) < 4.78 is 18.1. The predicted molar refractivity (Wildman–Crippen MR) is 93.2 cm³/mol. The number of rotatable bonds is 6. The second-order valence-electron chi connectivity index (χ2n) is 7.54. The fourth-order valence-corrected chi connectivity index (χ4v) is 2.67. The van der Waals surface area contributed by atoms with Crippen molar-refractivity contribution < 1.29 is 14.0 Å². The fraction of sp³-hybridized carbons (Fsp3) is 0.667. The van der Waals surface area contributed by atoms with Gasteiger partial charge in [-0.1, -0.05) is 12.1 Å². The third-order valence-corrected chi connectivity index (χ3v) is 5.08. The Hall–Kier alpha value is -1.04. The Kier molecular flexibility index (Phi) is 4.47. The van der Waals surface area contributed by atoms with Gasteiger partial charge in [-0.3, -0.25) is 0 Å². The second-order valence-corrected chi connectivity index (χ2v) is 7.54. The van der Waals surface area contributed by atoms with E-state index in [1.165, 1.54) is 18.4 Å². The first kappa shape index (κ1) is 16.8. The van der Waals surface area contributed by atoms with E-state index in [1.54, 1.807) is 0 Å². The van der Waals surface area contributed by atoms with Crippen LogP contribution in [-0.4, -0.2) is 31.0 Å². The highest BCUT2D eigenvalue weighted by atomic mass is 16.7. The topological polar surface area (TPSA) is 39.7 Å². The monoisotopic (exact) mass is 317 g/mol. The average Bonchev–Trinajstić information content (AvgIpc) is 3.25. The van der Waals surface area contributed by atoms with Gasteiger partial charge in [-0.2, -0.15) is 0 Å². The Morgan fingerprint density at radius 1 is 1.17 bits per heavy atom. The first-order valence-electron chi connectivity index (χ1n) is 8.67. The maximum Gasteiger partial charge on any atom is 0.494 e. The van der Waals surface area contributed by atoms with Gasteiger partial charge in [0.25, 0.3) is 0 Å². The van der Waals surface area contributed by atoms with Crippen LogP contribution in [0.5, 0.6) is 5.75 Å². The van der Waals surface area contributed by atoms with Crippen molar-refractivity contribution in [1.29, 1.82) is 0 Å². The molecule has 2 aliphatic rings. The van der Waals surface area contributed by atoms with Crippen molar-refractivity contribution in [3.8, 4) is 5.75 Å². The molecule has 1 aliphatic carbocycles. The zero-order valence-electron chi connectivity index (χ0n) is 14.9. The van der Waals surface area contributed by atoms with Crippen LogP contribution in [0.1, 0.15) is 53.0 Å². The van der Waals surface area contributed by atoms with E-state index >= 15 is 0 Å². The van der Waals surface area contributed by atoms with Crippen LogP contribution in [0.25, 0.3) is 0 Å². The van der Waals surface area contributed by atoms with Gasteiger partial charge in [0, 0.05) is 18.2 Å². The molecule has 2 fully saturated rings. The summed E-state index contributed by atoms with van der Waals surface area (Å²) >= 11 is 0. The lowest BCUT2D eigenvalue weighted by atomic mass is 9.78. The summed E-state index contributed by atoms with van der Waals surface area (Å²) in [7, 11) is -0.343. The highest BCUT2D eigenvalue weighted by Gasteiger charge is 2.51. The number of ether oxygens (including phenoxy) is 1. The maximum atomic E-state index is 6.14. The Morgan fingerprint density at radius 3 is 2.39 bits per heavy atom. The van der Waals surface area contributed by atoms with Crippen LogP contribution in [0, 0.1) is 0 Å². The molecule has 1 N–H and O–H groups in total. The van der Waals surface area contributed by atoms with Crippen LogP contribution in [0.3, 0.4) is 0 Å². The molecule has 5 heteroatoms. The number of hydrogen-bond acceptors (Lipinski definition) is 4. The van der Waals surface area contributed by atoms with E-state index in [4.69, 9.17) is 14.0 Å². The smallest absolute Gasteiger partial charge is 0.494 e. The molecule has 0 amide bonds. The van der Waals surface area contributed by atoms with E-state index in [0.717, 1.165) is 17.8 Å². The van der Waals surface area contributed by atoms with Crippen LogP contribution >= 0.6 is 0 Å². The molecule has 1 aromatic rings. The van der Waals surface area contributed by atoms with E-state index < -0.39 is 0 Å². The van der Waals surface area contributed by atoms with Gasteiger partial charge >= 0.3 is 7.12 Å². The molecule has 0 aromatic heterocycles. The summed E-state index contributed by atoms with van der Waals surface area (Å²) in [5.74, 6) is 0.924. The standard InChI is InChI=1S/C18H28BNO3/c1-6-21-16-11-14(8-7-13(16)12-20-15-9-10-15)19-22-17(2,3)18(4,5)23-19/h7-8,11,15,20H,6,9-10,12H2,1-5H3. The van der Waals surface area contributed by atoms with Gasteiger partial charge in [-0.15, -0.1) is 0 Å². The maximum absolute atomic E-state index is 6.14. The van der Waals surface area contributed by atoms with Crippen molar-refractivity contribution in [1.82, 2.24) is 5.32 Å². The molecule has 4 nitrogen and oxygen atoms in total. The molecule has 0 bridgehead atoms. The lowest BCUT2D eigenvalue weighted by molar-refractivity contribution is 0.00578. The molecule has 1 saturated carbocycles. The number of benzene rings is 1. The third-order valence-electron chi connectivity index (χ3n) is 5.08. The molecule has 0 unspecified atom stereocenters. The third kappa shape index (κ3) is 3.57. The van der Waals surface area contributed by atoms with Crippen molar-refractivity contribution in [3.63, 3.8) is 0 Å². The minimum absolute atomic E-state index is 0.324. The predicted octanol–water partition coefficient (Wildman–Crippen LogP) is 2.64. The highest BCUT2D eigenvalue weighted by molar-refractivity contribution is 6.62. The summed E-state index contributed by atoms with van der Waals surface area (Å²) in [4.78, 5) is 0. The van der Waals surface area contributed by atoms with E-state index in [9.17, 15) is 0 Å². The van der Waals surface area contributed by atoms with Gasteiger partial charge in [-0.05, 0) is 59.0 Å². The van der Waals surface area contributed by atoms with E-state index in [2.05, 4.69) is 51.2 Å². The summed E-state index contributed by atoms with van der Waals surface area (Å²) in [5, 5.41) is 3.54. The van der Waals surface area contributed by atoms with Crippen molar-refractivity contribution >= 4 is 12.6 Å². The van der Waals surface area contributed by atoms with Crippen LogP contribution < -0.4 is 15.5 Å². The molecular formula is C18H28BNO3. The zero-order chi connectivity index (χ0) is 16.7. The quantitative estimate of drug-likeness (QED) is 0.819. The molecule has 1 heterocycles. The molecular weight excluding hydrogens is 289 g/mol. The lowest BCUT2D eigenvalue weighted by Crippen LogP contribution is -2.41. The van der Waals surface area contributed by atoms with Gasteiger partial charge in [0.1, 0.15) is 5.75 Å². The van der Waals surface area contributed by atoms with E-state index in [-0.39, 0.29) is 18.3 Å². The lowest BCUT2D eigenvalue weighted by Gasteiger charge is -2.32. The Labute approximate surface area is 140 Å². The SMILES string of the molecule is CCOc1cc(B2OC(C)(C)C(C)(C)O2)ccc1CNC1CC1. The summed E-state index contributed by atoms with van der Waals surface area (Å²) in [5.41, 5.74) is 1.56. The Bertz CT molecular complexity index is 553. The first-order valence-corrected chi connectivity index (χ1v) is 8.67. The fourth-order valence-electron chi connectivity index (χ4n) is 2.67. The summed E-state index contributed by atoms with van der Waals surface area (Å²) in [6.45, 7) is 11.8. The number of hydrogen-bond donors (Lipinski definition) is 1. The average molecular weight is 317 g/mol. The van der Waals surface area contributed by atoms with Crippen molar-refractivity contribution in [2.24, 2.45) is 0 Å². The minimum Gasteiger partial charge on any atom is -0.494 e. The van der Waals surface area contributed by atoms with Gasteiger partial charge in [-0.25, -0.2) is 0 Å². The molecule has 126 valence electrons. The molecule has 3 rings (SSSR count). The van der Waals surface area contributed by atoms with Crippen molar-refractivity contribution in [2.45, 2.75) is 71.2 Å². The summed E-state index contributed by atoms with van der Waals surface area (Å²) in [6.07, 6.45) is 2.58. The minimum atomic E-state index is -0.343. The van der Waals surface area contributed by atoms with Crippen LogP contribution in [0.2, 0.25) is 0 Å². The molecule has 1 saturated heterocycles. The van der Waals surface area contributed by atoms with Gasteiger partial charge < -0.3 is 19.4 Å². The number of nitrogens with one attached hydrogen (secondary N) is 1. The van der Waals surface area contributed by atoms with Crippen LogP contribution in [-0.2, 0) is 15.9 Å². The Morgan fingerprint density at radius 2 is 1.83 bits per heavy atom. The van der Waals surface area contributed by atoms with Gasteiger partial charge in [0.15, 0.2) is 0 Å². The molecule has 0 spiro atoms. The first-order chi connectivity index (χ1) is 10.8. The summed E-state index contributed by atoms with van der Waals surface area (Å²) in [6, 6.07) is 6.97. The van der Waals surface area contributed by atoms with Crippen molar-refractivity contribution in [3.05, 3.63) is 23.8 Å². The van der Waals surface area contributed by atoms with E-state index in [0.29, 0.717) is 12.6 Å². The van der Waals surface area contributed by atoms with E-state index in [1.807, 2.05) is 6.92 Å². The molecule has 1 aliphatic heterocycles. The largest absolute Gasteiger partial charge is 0.494 e. The van der Waals surface area contributed by atoms with Crippen molar-refractivity contribution in [2.75, 3.05) is 6.61 Å². The van der Waals surface area contributed by atoms with Gasteiger partial charge in [0.2, 0.25) is 0 Å². The van der Waals surface area contributed by atoms with Gasteiger partial charge in [0.05, 0.1) is 17.8 Å². The molecule has 1 aromatic carbocycles. The zero-order valence-corrected chi connectivity index (χ0v) is 14.9. The molecule has 0 atom stereocenters. The highest BCUT2D eigenvalue weighted by Crippen LogP contribution is 2.36.